The first kappa shape index (κ1) is 17.2. The average molecular weight is 352 g/mol. The molecule has 0 bridgehead atoms. The van der Waals surface area contributed by atoms with Crippen molar-refractivity contribution in [3.8, 4) is 17.0 Å². The highest BCUT2D eigenvalue weighted by Crippen LogP contribution is 2.29. The maximum Gasteiger partial charge on any atom is 0.229 e. The first-order chi connectivity index (χ1) is 12.0. The SMILES string of the molecule is COc1cccc(NC(=O)Cc2sc(C)nc2-c2ccc(C)cc2)c1. The summed E-state index contributed by atoms with van der Waals surface area (Å²) in [6.07, 6.45) is 0.298. The second-order valence-electron chi connectivity index (χ2n) is 5.83. The molecule has 128 valence electrons. The lowest BCUT2D eigenvalue weighted by Gasteiger charge is -2.07. The Morgan fingerprint density at radius 3 is 2.64 bits per heavy atom. The van der Waals surface area contributed by atoms with Crippen molar-refractivity contribution >= 4 is 22.9 Å². The van der Waals surface area contributed by atoms with E-state index >= 15 is 0 Å². The topological polar surface area (TPSA) is 51.2 Å². The van der Waals surface area contributed by atoms with Crippen LogP contribution in [0.3, 0.4) is 0 Å². The Morgan fingerprint density at radius 1 is 1.16 bits per heavy atom. The number of aryl methyl sites for hydroxylation is 2. The van der Waals surface area contributed by atoms with Crippen LogP contribution in [0.4, 0.5) is 5.69 Å². The van der Waals surface area contributed by atoms with Crippen molar-refractivity contribution < 1.29 is 9.53 Å². The van der Waals surface area contributed by atoms with Crippen LogP contribution in [0, 0.1) is 13.8 Å². The molecule has 25 heavy (non-hydrogen) atoms. The normalized spacial score (nSPS) is 10.5. The Bertz CT molecular complexity index is 885. The molecule has 1 N–H and O–H groups in total. The fourth-order valence-corrected chi connectivity index (χ4v) is 3.53. The second kappa shape index (κ2) is 7.49. The minimum atomic E-state index is -0.0646. The largest absolute Gasteiger partial charge is 0.497 e. The molecule has 0 saturated carbocycles. The molecule has 0 fully saturated rings. The molecule has 3 aromatic rings. The van der Waals surface area contributed by atoms with Crippen LogP contribution in [-0.4, -0.2) is 18.0 Å². The molecular weight excluding hydrogens is 332 g/mol. The van der Waals surface area contributed by atoms with Gasteiger partial charge in [-0.2, -0.15) is 0 Å². The lowest BCUT2D eigenvalue weighted by Crippen LogP contribution is -2.14. The van der Waals surface area contributed by atoms with Gasteiger partial charge in [0.05, 0.1) is 24.2 Å². The molecule has 0 saturated heterocycles. The number of anilines is 1. The summed E-state index contributed by atoms with van der Waals surface area (Å²) in [5.41, 5.74) is 3.86. The van der Waals surface area contributed by atoms with Crippen LogP contribution in [0.1, 0.15) is 15.4 Å². The van der Waals surface area contributed by atoms with Crippen LogP contribution in [0.25, 0.3) is 11.3 Å². The molecule has 0 radical (unpaired) electrons. The number of carbonyl (C=O) groups is 1. The fourth-order valence-electron chi connectivity index (χ4n) is 2.58. The van der Waals surface area contributed by atoms with Crippen LogP contribution in [0.15, 0.2) is 48.5 Å². The van der Waals surface area contributed by atoms with Gasteiger partial charge in [-0.25, -0.2) is 4.98 Å². The van der Waals surface area contributed by atoms with E-state index in [1.165, 1.54) is 5.56 Å². The highest BCUT2D eigenvalue weighted by Gasteiger charge is 2.15. The van der Waals surface area contributed by atoms with E-state index in [0.717, 1.165) is 26.8 Å². The Balaban J connectivity index is 1.78. The van der Waals surface area contributed by atoms with Crippen molar-refractivity contribution in [2.24, 2.45) is 0 Å². The molecule has 0 atom stereocenters. The fraction of sp³-hybridized carbons (Fsp3) is 0.200. The molecular formula is C20H20N2O2S. The van der Waals surface area contributed by atoms with Gasteiger partial charge in [0.2, 0.25) is 5.91 Å². The van der Waals surface area contributed by atoms with Crippen molar-refractivity contribution in [1.82, 2.24) is 4.98 Å². The van der Waals surface area contributed by atoms with Gasteiger partial charge in [-0.1, -0.05) is 35.9 Å². The van der Waals surface area contributed by atoms with E-state index in [9.17, 15) is 4.79 Å². The maximum absolute atomic E-state index is 12.5. The third-order valence-corrected chi connectivity index (χ3v) is 4.77. The van der Waals surface area contributed by atoms with Gasteiger partial charge < -0.3 is 10.1 Å². The third kappa shape index (κ3) is 4.25. The molecule has 0 spiro atoms. The Labute approximate surface area is 151 Å². The number of methoxy groups -OCH3 is 1. The number of thiazole rings is 1. The first-order valence-electron chi connectivity index (χ1n) is 8.02. The summed E-state index contributed by atoms with van der Waals surface area (Å²) >= 11 is 1.56. The van der Waals surface area contributed by atoms with Crippen LogP contribution in [0.5, 0.6) is 5.75 Å². The monoisotopic (exact) mass is 352 g/mol. The summed E-state index contributed by atoms with van der Waals surface area (Å²) < 4.78 is 5.19. The van der Waals surface area contributed by atoms with Crippen molar-refractivity contribution in [2.45, 2.75) is 20.3 Å². The predicted molar refractivity (Wildman–Crippen MR) is 102 cm³/mol. The van der Waals surface area contributed by atoms with E-state index in [2.05, 4.69) is 29.4 Å². The molecule has 4 nitrogen and oxygen atoms in total. The maximum atomic E-state index is 12.5. The van der Waals surface area contributed by atoms with Gasteiger partial charge in [0.25, 0.3) is 0 Å². The molecule has 1 amide bonds. The van der Waals surface area contributed by atoms with Gasteiger partial charge in [-0.15, -0.1) is 11.3 Å². The molecule has 0 aliphatic rings. The number of aromatic nitrogens is 1. The number of hydrogen-bond acceptors (Lipinski definition) is 4. The Kier molecular flexibility index (Phi) is 5.14. The van der Waals surface area contributed by atoms with Crippen LogP contribution >= 0.6 is 11.3 Å². The molecule has 0 aliphatic heterocycles. The first-order valence-corrected chi connectivity index (χ1v) is 8.84. The molecule has 0 aliphatic carbocycles. The molecule has 0 unspecified atom stereocenters. The third-order valence-electron chi connectivity index (χ3n) is 3.80. The lowest BCUT2D eigenvalue weighted by molar-refractivity contribution is -0.115. The summed E-state index contributed by atoms with van der Waals surface area (Å²) in [5.74, 6) is 0.650. The molecule has 5 heteroatoms. The molecule has 2 aromatic carbocycles. The molecule has 1 heterocycles. The van der Waals surface area contributed by atoms with Gasteiger partial charge in [0.15, 0.2) is 0 Å². The summed E-state index contributed by atoms with van der Waals surface area (Å²) in [7, 11) is 1.61. The number of ether oxygens (including phenoxy) is 1. The standard InChI is InChI=1S/C20H20N2O2S/c1-13-7-9-15(10-8-13)20-18(25-14(2)21-20)12-19(23)22-16-5-4-6-17(11-16)24-3/h4-11H,12H2,1-3H3,(H,22,23). The molecule has 3 rings (SSSR count). The summed E-state index contributed by atoms with van der Waals surface area (Å²) in [5, 5.41) is 3.88. The van der Waals surface area contributed by atoms with Crippen molar-refractivity contribution in [2.75, 3.05) is 12.4 Å². The Morgan fingerprint density at radius 2 is 1.92 bits per heavy atom. The number of nitrogens with one attached hydrogen (secondary N) is 1. The van der Waals surface area contributed by atoms with E-state index in [0.29, 0.717) is 12.2 Å². The zero-order valence-electron chi connectivity index (χ0n) is 14.5. The number of rotatable bonds is 5. The minimum Gasteiger partial charge on any atom is -0.497 e. The van der Waals surface area contributed by atoms with Crippen molar-refractivity contribution in [3.63, 3.8) is 0 Å². The number of benzene rings is 2. The van der Waals surface area contributed by atoms with E-state index in [1.54, 1.807) is 24.5 Å². The zero-order valence-corrected chi connectivity index (χ0v) is 15.3. The van der Waals surface area contributed by atoms with Crippen LogP contribution < -0.4 is 10.1 Å². The van der Waals surface area contributed by atoms with Gasteiger partial charge in [0, 0.05) is 22.2 Å². The summed E-state index contributed by atoms with van der Waals surface area (Å²) in [6.45, 7) is 4.02. The zero-order chi connectivity index (χ0) is 17.8. The smallest absolute Gasteiger partial charge is 0.229 e. The van der Waals surface area contributed by atoms with E-state index in [4.69, 9.17) is 4.74 Å². The van der Waals surface area contributed by atoms with Gasteiger partial charge in [-0.3, -0.25) is 4.79 Å². The van der Waals surface area contributed by atoms with Crippen molar-refractivity contribution in [3.05, 3.63) is 64.0 Å². The predicted octanol–water partition coefficient (Wildman–Crippen LogP) is 4.62. The van der Waals surface area contributed by atoms with Crippen LogP contribution in [0.2, 0.25) is 0 Å². The second-order valence-corrected chi connectivity index (χ2v) is 7.12. The van der Waals surface area contributed by atoms with E-state index in [-0.39, 0.29) is 5.91 Å². The summed E-state index contributed by atoms with van der Waals surface area (Å²) in [4.78, 5) is 18.0. The quantitative estimate of drug-likeness (QED) is 0.729. The van der Waals surface area contributed by atoms with E-state index in [1.807, 2.05) is 37.3 Å². The summed E-state index contributed by atoms with van der Waals surface area (Å²) in [6, 6.07) is 15.6. The van der Waals surface area contributed by atoms with Crippen LogP contribution in [-0.2, 0) is 11.2 Å². The lowest BCUT2D eigenvalue weighted by atomic mass is 10.1. The average Bonchev–Trinajstić information content (AvgIpc) is 2.95. The number of nitrogens with zero attached hydrogens (tertiary/aromatic N) is 1. The minimum absolute atomic E-state index is 0.0646. The highest BCUT2D eigenvalue weighted by molar-refractivity contribution is 7.12. The number of hydrogen-bond donors (Lipinski definition) is 1. The molecule has 1 aromatic heterocycles. The van der Waals surface area contributed by atoms with Gasteiger partial charge >= 0.3 is 0 Å². The number of amides is 1. The Hall–Kier alpha value is -2.66. The van der Waals surface area contributed by atoms with Gasteiger partial charge in [0.1, 0.15) is 5.75 Å². The van der Waals surface area contributed by atoms with E-state index < -0.39 is 0 Å². The van der Waals surface area contributed by atoms with Gasteiger partial charge in [-0.05, 0) is 26.0 Å². The van der Waals surface area contributed by atoms with Crippen molar-refractivity contribution in [1.29, 1.82) is 0 Å². The number of carbonyl (C=O) groups excluding carboxylic acids is 1. The highest BCUT2D eigenvalue weighted by atomic mass is 32.1.